The molecule has 5 aromatic rings. The van der Waals surface area contributed by atoms with E-state index in [-0.39, 0.29) is 0 Å². The Balaban J connectivity index is 1.02. The summed E-state index contributed by atoms with van der Waals surface area (Å²) in [4.78, 5) is 0. The maximum absolute atomic E-state index is 5.61. The van der Waals surface area contributed by atoms with Crippen molar-refractivity contribution in [2.75, 3.05) is 6.54 Å². The number of hydrogen-bond acceptors (Lipinski definition) is 1. The highest BCUT2D eigenvalue weighted by Crippen LogP contribution is 2.29. The predicted molar refractivity (Wildman–Crippen MR) is 153 cm³/mol. The molecule has 0 aliphatic heterocycles. The molecule has 0 radical (unpaired) electrons. The maximum atomic E-state index is 5.61. The summed E-state index contributed by atoms with van der Waals surface area (Å²) in [5.41, 5.74) is 10.9. The van der Waals surface area contributed by atoms with Crippen LogP contribution in [0.5, 0.6) is 0 Å². The minimum absolute atomic E-state index is 0.733. The van der Waals surface area contributed by atoms with Crippen molar-refractivity contribution in [2.24, 2.45) is 5.73 Å². The topological polar surface area (TPSA) is 38.7 Å². The summed E-state index contributed by atoms with van der Waals surface area (Å²) in [5, 5.41) is 2.75. The molecule has 5 rings (SSSR count). The second-order valence-electron chi connectivity index (χ2n) is 10.1. The van der Waals surface area contributed by atoms with Crippen LogP contribution in [0.1, 0.15) is 44.9 Å². The molecule has 4 nitrogen and oxygen atoms in total. The van der Waals surface area contributed by atoms with Crippen LogP contribution in [0.3, 0.4) is 0 Å². The summed E-state index contributed by atoms with van der Waals surface area (Å²) in [6.45, 7) is 3.91. The van der Waals surface area contributed by atoms with Gasteiger partial charge in [-0.15, -0.1) is 0 Å². The van der Waals surface area contributed by atoms with E-state index in [1.807, 2.05) is 0 Å². The molecule has 0 amide bonds. The van der Waals surface area contributed by atoms with E-state index in [1.54, 1.807) is 0 Å². The Hall–Kier alpha value is -3.50. The first-order valence-corrected chi connectivity index (χ1v) is 14.0. The second kappa shape index (κ2) is 12.6. The van der Waals surface area contributed by atoms with Gasteiger partial charge in [-0.3, -0.25) is 0 Å². The summed E-state index contributed by atoms with van der Waals surface area (Å²) in [7, 11) is 0. The Morgan fingerprint density at radius 1 is 0.514 bits per heavy atom. The number of nitrogens with two attached hydrogens (primary N) is 1. The van der Waals surface area contributed by atoms with Gasteiger partial charge < -0.3 is 10.3 Å². The Morgan fingerprint density at radius 3 is 1.51 bits per heavy atom. The van der Waals surface area contributed by atoms with Gasteiger partial charge >= 0.3 is 0 Å². The van der Waals surface area contributed by atoms with Gasteiger partial charge in [0.15, 0.2) is 24.8 Å². The van der Waals surface area contributed by atoms with Gasteiger partial charge in [0.1, 0.15) is 13.1 Å². The molecule has 3 heterocycles. The van der Waals surface area contributed by atoms with Crippen LogP contribution in [-0.2, 0) is 19.6 Å². The monoisotopic (exact) mass is 492 g/mol. The first-order valence-electron chi connectivity index (χ1n) is 14.0. The van der Waals surface area contributed by atoms with E-state index in [1.165, 1.54) is 71.5 Å². The van der Waals surface area contributed by atoms with Crippen molar-refractivity contribution in [3.8, 4) is 11.1 Å². The summed E-state index contributed by atoms with van der Waals surface area (Å²) < 4.78 is 7.03. The molecule has 0 atom stereocenters. The number of hydrogen-bond donors (Lipinski definition) is 1. The third kappa shape index (κ3) is 6.26. The zero-order valence-electron chi connectivity index (χ0n) is 21.9. The molecular weight excluding hydrogens is 452 g/mol. The molecule has 0 fully saturated rings. The highest BCUT2D eigenvalue weighted by molar-refractivity contribution is 6.07. The van der Waals surface area contributed by atoms with Crippen molar-refractivity contribution in [1.82, 2.24) is 4.57 Å². The lowest BCUT2D eigenvalue weighted by atomic mass is 10.1. The number of rotatable bonds is 13. The normalized spacial score (nSPS) is 11.5. The number of unbranched alkanes of at least 4 members (excludes halogenated alkanes) is 5. The predicted octanol–water partition coefficient (Wildman–Crippen LogP) is 6.43. The van der Waals surface area contributed by atoms with E-state index in [2.05, 4.69) is 111 Å². The van der Waals surface area contributed by atoms with E-state index < -0.39 is 0 Å². The number of nitrogens with zero attached hydrogens (tertiary/aromatic N) is 3. The van der Waals surface area contributed by atoms with Gasteiger partial charge in [0.25, 0.3) is 0 Å². The third-order valence-corrected chi connectivity index (χ3v) is 7.46. The highest BCUT2D eigenvalue weighted by atomic mass is 15.0. The van der Waals surface area contributed by atoms with Gasteiger partial charge in [-0.1, -0.05) is 55.7 Å². The molecule has 0 aliphatic carbocycles. The highest BCUT2D eigenvalue weighted by Gasteiger charge is 2.09. The number of aryl methyl sites for hydroxylation is 3. The Bertz CT molecular complexity index is 1350. The summed E-state index contributed by atoms with van der Waals surface area (Å²) in [5.74, 6) is 0. The molecule has 0 aliphatic rings. The van der Waals surface area contributed by atoms with Gasteiger partial charge in [0.05, 0.1) is 0 Å². The summed E-state index contributed by atoms with van der Waals surface area (Å²) in [6, 6.07) is 26.5. The fourth-order valence-electron chi connectivity index (χ4n) is 5.39. The number of pyridine rings is 2. The van der Waals surface area contributed by atoms with Crippen molar-refractivity contribution in [2.45, 2.75) is 64.6 Å². The molecule has 190 valence electrons. The van der Waals surface area contributed by atoms with E-state index in [0.717, 1.165) is 32.6 Å². The first-order chi connectivity index (χ1) is 18.3. The zero-order valence-corrected chi connectivity index (χ0v) is 21.9. The lowest BCUT2D eigenvalue weighted by molar-refractivity contribution is -0.697. The van der Waals surface area contributed by atoms with Gasteiger partial charge in [0, 0.05) is 65.5 Å². The fraction of sp³-hybridized carbons (Fsp3) is 0.333. The molecule has 2 N–H and O–H groups in total. The van der Waals surface area contributed by atoms with Gasteiger partial charge in [-0.25, -0.2) is 9.13 Å². The molecule has 0 bridgehead atoms. The van der Waals surface area contributed by atoms with Crippen LogP contribution in [0, 0.1) is 0 Å². The van der Waals surface area contributed by atoms with Crippen LogP contribution in [-0.4, -0.2) is 11.1 Å². The van der Waals surface area contributed by atoms with Crippen molar-refractivity contribution in [3.63, 3.8) is 0 Å². The largest absolute Gasteiger partial charge is 0.340 e. The number of fused-ring (bicyclic) bond motifs is 3. The molecular formula is C33H40N4+2. The minimum Gasteiger partial charge on any atom is -0.340 e. The van der Waals surface area contributed by atoms with Gasteiger partial charge in [0.2, 0.25) is 0 Å². The van der Waals surface area contributed by atoms with Crippen LogP contribution in [0.4, 0.5) is 0 Å². The lowest BCUT2D eigenvalue weighted by Gasteiger charge is -2.07. The Labute approximate surface area is 221 Å². The van der Waals surface area contributed by atoms with Crippen LogP contribution >= 0.6 is 0 Å². The Kier molecular flexibility index (Phi) is 8.60. The van der Waals surface area contributed by atoms with Gasteiger partial charge in [-0.05, 0) is 42.6 Å². The number of benzene rings is 2. The number of aromatic nitrogens is 3. The molecule has 3 aromatic heterocycles. The quantitative estimate of drug-likeness (QED) is 0.149. The van der Waals surface area contributed by atoms with Crippen molar-refractivity contribution >= 4 is 21.8 Å². The lowest BCUT2D eigenvalue weighted by Crippen LogP contribution is -2.33. The second-order valence-corrected chi connectivity index (χ2v) is 10.1. The van der Waals surface area contributed by atoms with Crippen molar-refractivity contribution < 1.29 is 9.13 Å². The van der Waals surface area contributed by atoms with E-state index in [0.29, 0.717) is 0 Å². The SMILES string of the molecule is NCCC[n+]1ccc(-c2cc[n+](CCCCCCCCn3c4ccccc4c4ccccc43)cc2)cc1. The summed E-state index contributed by atoms with van der Waals surface area (Å²) in [6.07, 6.45) is 17.5. The van der Waals surface area contributed by atoms with E-state index in [4.69, 9.17) is 5.73 Å². The average molecular weight is 493 g/mol. The van der Waals surface area contributed by atoms with E-state index in [9.17, 15) is 0 Å². The first kappa shape index (κ1) is 25.2. The molecule has 0 saturated heterocycles. The van der Waals surface area contributed by atoms with Crippen molar-refractivity contribution in [1.29, 1.82) is 0 Å². The Morgan fingerprint density at radius 2 is 0.973 bits per heavy atom. The third-order valence-electron chi connectivity index (χ3n) is 7.46. The molecule has 2 aromatic carbocycles. The molecule has 0 unspecified atom stereocenters. The maximum Gasteiger partial charge on any atom is 0.169 e. The van der Waals surface area contributed by atoms with Crippen LogP contribution in [0.2, 0.25) is 0 Å². The number of para-hydroxylation sites is 2. The fourth-order valence-corrected chi connectivity index (χ4v) is 5.39. The van der Waals surface area contributed by atoms with Gasteiger partial charge in [-0.2, -0.15) is 0 Å². The minimum atomic E-state index is 0.733. The van der Waals surface area contributed by atoms with Crippen LogP contribution in [0.15, 0.2) is 97.6 Å². The van der Waals surface area contributed by atoms with Crippen LogP contribution < -0.4 is 14.9 Å². The average Bonchev–Trinajstić information content (AvgIpc) is 3.27. The summed E-state index contributed by atoms with van der Waals surface area (Å²) >= 11 is 0. The molecule has 0 spiro atoms. The molecule has 0 saturated carbocycles. The standard InChI is InChI=1S/C33H40N4/c34-20-11-22-36-26-18-29(19-27-36)28-16-24-35(25-17-28)21-9-3-1-2-4-10-23-37-32-14-7-5-12-30(32)31-13-6-8-15-33(31)37/h5-8,12-19,24-27H,1-4,9-11,20-23,34H2/q+2. The van der Waals surface area contributed by atoms with Crippen LogP contribution in [0.25, 0.3) is 32.9 Å². The van der Waals surface area contributed by atoms with E-state index >= 15 is 0 Å². The smallest absolute Gasteiger partial charge is 0.169 e. The van der Waals surface area contributed by atoms with Crippen molar-refractivity contribution in [3.05, 3.63) is 97.6 Å². The zero-order chi connectivity index (χ0) is 25.3. The molecule has 37 heavy (non-hydrogen) atoms. The molecule has 4 heteroatoms.